The van der Waals surface area contributed by atoms with Gasteiger partial charge in [0.1, 0.15) is 0 Å². The Hall–Kier alpha value is -1.87. The number of amides is 2. The van der Waals surface area contributed by atoms with Crippen LogP contribution in [-0.4, -0.2) is 35.6 Å². The van der Waals surface area contributed by atoms with E-state index in [1.807, 2.05) is 18.2 Å². The quantitative estimate of drug-likeness (QED) is 0.598. The number of anilines is 1. The molecule has 0 aromatic heterocycles. The molecule has 2 aromatic rings. The molecule has 0 unspecified atom stereocenters. The third-order valence-corrected chi connectivity index (χ3v) is 7.25. The highest BCUT2D eigenvalue weighted by molar-refractivity contribution is 7.99. The molecule has 0 bridgehead atoms. The Morgan fingerprint density at radius 3 is 2.52 bits per heavy atom. The number of rotatable bonds is 4. The molecule has 1 saturated carbocycles. The van der Waals surface area contributed by atoms with Crippen LogP contribution in [0, 0.1) is 0 Å². The van der Waals surface area contributed by atoms with Gasteiger partial charge < -0.3 is 16.0 Å². The van der Waals surface area contributed by atoms with Gasteiger partial charge in [0, 0.05) is 40.1 Å². The van der Waals surface area contributed by atoms with E-state index in [-0.39, 0.29) is 55.9 Å². The molecule has 33 heavy (non-hydrogen) atoms. The monoisotopic (exact) mass is 515 g/mol. The molecule has 3 N–H and O–H groups in total. The SMILES string of the molecule is Cl.N[C@H]1CSc2ccc(C(=O)NC3CCC(F)(F)CC3)cc2N(Cc2ccc(Cl)cc2)C1=O. The maximum absolute atomic E-state index is 13.4. The van der Waals surface area contributed by atoms with Crippen LogP contribution in [0.25, 0.3) is 0 Å². The van der Waals surface area contributed by atoms with Gasteiger partial charge in [0.05, 0.1) is 18.3 Å². The molecule has 2 aromatic carbocycles. The maximum Gasteiger partial charge on any atom is 0.251 e. The van der Waals surface area contributed by atoms with Crippen molar-refractivity contribution in [3.8, 4) is 0 Å². The number of nitrogens with one attached hydrogen (secondary N) is 1. The molecule has 5 nitrogen and oxygen atoms in total. The number of halogens is 4. The van der Waals surface area contributed by atoms with Crippen LogP contribution in [0.4, 0.5) is 14.5 Å². The number of hydrogen-bond donors (Lipinski definition) is 2. The first-order chi connectivity index (χ1) is 15.2. The van der Waals surface area contributed by atoms with E-state index in [0.717, 1.165) is 10.5 Å². The van der Waals surface area contributed by atoms with Gasteiger partial charge in [-0.25, -0.2) is 8.78 Å². The standard InChI is InChI=1S/C23H24ClF2N3O2S.ClH/c24-16-4-1-14(2-5-16)12-29-19-11-15(3-6-20(19)32-13-18(27)22(29)31)21(30)28-17-7-9-23(25,26)10-8-17;/h1-6,11,17-18H,7-10,12-13,27H2,(H,28,30);1H/t18-;/m0./s1. The van der Waals surface area contributed by atoms with Crippen molar-refractivity contribution in [3.63, 3.8) is 0 Å². The molecule has 1 aliphatic heterocycles. The topological polar surface area (TPSA) is 75.4 Å². The third kappa shape index (κ3) is 6.18. The van der Waals surface area contributed by atoms with Crippen LogP contribution >= 0.6 is 35.8 Å². The Kier molecular flexibility index (Phi) is 8.26. The average molecular weight is 516 g/mol. The fourth-order valence-electron chi connectivity index (χ4n) is 3.95. The molecular formula is C23H25Cl2F2N3O2S. The molecule has 2 amide bonds. The minimum absolute atomic E-state index is 0. The van der Waals surface area contributed by atoms with Crippen molar-refractivity contribution in [2.45, 2.75) is 55.1 Å². The molecule has 10 heteroatoms. The van der Waals surface area contributed by atoms with Crippen LogP contribution in [0.15, 0.2) is 47.4 Å². The second-order valence-corrected chi connectivity index (χ2v) is 9.75. The Balaban J connectivity index is 0.00000306. The van der Waals surface area contributed by atoms with Gasteiger partial charge in [-0.2, -0.15) is 0 Å². The zero-order valence-electron chi connectivity index (χ0n) is 17.7. The van der Waals surface area contributed by atoms with E-state index in [1.165, 1.54) is 11.8 Å². The molecule has 2 aliphatic rings. The van der Waals surface area contributed by atoms with E-state index in [9.17, 15) is 18.4 Å². The lowest BCUT2D eigenvalue weighted by molar-refractivity contribution is -0.119. The largest absolute Gasteiger partial charge is 0.349 e. The molecule has 178 valence electrons. The molecule has 1 atom stereocenters. The average Bonchev–Trinajstić information content (AvgIpc) is 2.88. The number of carbonyl (C=O) groups excluding carboxylic acids is 2. The summed E-state index contributed by atoms with van der Waals surface area (Å²) >= 11 is 7.45. The highest BCUT2D eigenvalue weighted by Gasteiger charge is 2.35. The summed E-state index contributed by atoms with van der Waals surface area (Å²) in [4.78, 5) is 28.3. The van der Waals surface area contributed by atoms with Crippen LogP contribution in [0.2, 0.25) is 5.02 Å². The molecule has 1 heterocycles. The first-order valence-electron chi connectivity index (χ1n) is 10.5. The number of carbonyl (C=O) groups is 2. The minimum Gasteiger partial charge on any atom is -0.349 e. The number of nitrogens with zero attached hydrogens (tertiary/aromatic N) is 1. The fraction of sp³-hybridized carbons (Fsp3) is 0.391. The Bertz CT molecular complexity index is 1010. The Morgan fingerprint density at radius 2 is 1.85 bits per heavy atom. The van der Waals surface area contributed by atoms with E-state index >= 15 is 0 Å². The van der Waals surface area contributed by atoms with Crippen LogP contribution in [0.1, 0.15) is 41.6 Å². The van der Waals surface area contributed by atoms with E-state index in [2.05, 4.69) is 5.32 Å². The molecule has 0 radical (unpaired) electrons. The van der Waals surface area contributed by atoms with Gasteiger partial charge in [-0.3, -0.25) is 9.59 Å². The van der Waals surface area contributed by atoms with Crippen LogP contribution in [-0.2, 0) is 11.3 Å². The number of thioether (sulfide) groups is 1. The van der Waals surface area contributed by atoms with Crippen molar-refractivity contribution in [1.29, 1.82) is 0 Å². The second kappa shape index (κ2) is 10.6. The van der Waals surface area contributed by atoms with Crippen molar-refractivity contribution in [1.82, 2.24) is 5.32 Å². The lowest BCUT2D eigenvalue weighted by Gasteiger charge is -2.29. The van der Waals surface area contributed by atoms with Gasteiger partial charge in [0.2, 0.25) is 11.8 Å². The Labute approximate surface area is 206 Å². The summed E-state index contributed by atoms with van der Waals surface area (Å²) in [6.45, 7) is 0.292. The summed E-state index contributed by atoms with van der Waals surface area (Å²) in [5.74, 6) is -2.77. The predicted molar refractivity (Wildman–Crippen MR) is 130 cm³/mol. The number of nitrogens with two attached hydrogens (primary N) is 1. The highest BCUT2D eigenvalue weighted by atomic mass is 35.5. The van der Waals surface area contributed by atoms with Gasteiger partial charge in [0.15, 0.2) is 0 Å². The lowest BCUT2D eigenvalue weighted by Crippen LogP contribution is -2.44. The van der Waals surface area contributed by atoms with Crippen molar-refractivity contribution in [3.05, 3.63) is 58.6 Å². The van der Waals surface area contributed by atoms with E-state index in [1.54, 1.807) is 29.2 Å². The molecular weight excluding hydrogens is 491 g/mol. The summed E-state index contributed by atoms with van der Waals surface area (Å²) < 4.78 is 26.8. The van der Waals surface area contributed by atoms with Crippen LogP contribution < -0.4 is 16.0 Å². The molecule has 0 saturated heterocycles. The number of fused-ring (bicyclic) bond motifs is 1. The van der Waals surface area contributed by atoms with Crippen molar-refractivity contribution in [2.24, 2.45) is 5.73 Å². The number of hydrogen-bond acceptors (Lipinski definition) is 4. The van der Waals surface area contributed by atoms with Crippen molar-refractivity contribution in [2.75, 3.05) is 10.7 Å². The first-order valence-corrected chi connectivity index (χ1v) is 11.9. The minimum atomic E-state index is -2.65. The summed E-state index contributed by atoms with van der Waals surface area (Å²) in [6.07, 6.45) is 0.0468. The zero-order valence-corrected chi connectivity index (χ0v) is 20.1. The van der Waals surface area contributed by atoms with Crippen LogP contribution in [0.5, 0.6) is 0 Å². The van der Waals surface area contributed by atoms with Gasteiger partial charge in [-0.15, -0.1) is 24.2 Å². The van der Waals surface area contributed by atoms with E-state index in [4.69, 9.17) is 17.3 Å². The van der Waals surface area contributed by atoms with Crippen molar-refractivity contribution >= 4 is 53.3 Å². The summed E-state index contributed by atoms with van der Waals surface area (Å²) in [5.41, 5.74) is 7.97. The van der Waals surface area contributed by atoms with Gasteiger partial charge in [-0.05, 0) is 48.7 Å². The van der Waals surface area contributed by atoms with Crippen molar-refractivity contribution < 1.29 is 18.4 Å². The first kappa shape index (κ1) is 25.7. The fourth-order valence-corrected chi connectivity index (χ4v) is 5.06. The summed E-state index contributed by atoms with van der Waals surface area (Å²) in [5, 5.41) is 3.46. The molecule has 4 rings (SSSR count). The lowest BCUT2D eigenvalue weighted by atomic mass is 9.92. The van der Waals surface area contributed by atoms with Gasteiger partial charge in [0.25, 0.3) is 5.91 Å². The summed E-state index contributed by atoms with van der Waals surface area (Å²) in [7, 11) is 0. The molecule has 0 spiro atoms. The second-order valence-electron chi connectivity index (χ2n) is 8.25. The van der Waals surface area contributed by atoms with Crippen LogP contribution in [0.3, 0.4) is 0 Å². The predicted octanol–water partition coefficient (Wildman–Crippen LogP) is 5.04. The summed E-state index contributed by atoms with van der Waals surface area (Å²) in [6, 6.07) is 11.4. The number of alkyl halides is 2. The highest BCUT2D eigenvalue weighted by Crippen LogP contribution is 2.36. The number of benzene rings is 2. The third-order valence-electron chi connectivity index (χ3n) is 5.82. The normalized spacial score (nSPS) is 20.4. The molecule has 1 fully saturated rings. The smallest absolute Gasteiger partial charge is 0.251 e. The van der Waals surface area contributed by atoms with E-state index < -0.39 is 12.0 Å². The zero-order chi connectivity index (χ0) is 22.9. The van der Waals surface area contributed by atoms with Gasteiger partial charge >= 0.3 is 0 Å². The maximum atomic E-state index is 13.4. The Morgan fingerprint density at radius 1 is 1.18 bits per heavy atom. The molecule has 1 aliphatic carbocycles. The van der Waals surface area contributed by atoms with E-state index in [0.29, 0.717) is 28.6 Å². The van der Waals surface area contributed by atoms with Gasteiger partial charge in [-0.1, -0.05) is 23.7 Å².